The van der Waals surface area contributed by atoms with Crippen LogP contribution in [0.4, 0.5) is 0 Å². The van der Waals surface area contributed by atoms with Crippen LogP contribution in [0.3, 0.4) is 0 Å². The highest BCUT2D eigenvalue weighted by Gasteiger charge is 2.41. The summed E-state index contributed by atoms with van der Waals surface area (Å²) in [4.78, 5) is 0. The summed E-state index contributed by atoms with van der Waals surface area (Å²) in [7, 11) is 0. The molecule has 1 aliphatic rings. The lowest BCUT2D eigenvalue weighted by Gasteiger charge is -2.26. The largest absolute Gasteiger partial charge is 0.390 e. The van der Waals surface area contributed by atoms with Crippen molar-refractivity contribution in [3.05, 3.63) is 0 Å². The molecule has 0 amide bonds. The molecule has 2 atom stereocenters. The van der Waals surface area contributed by atoms with Crippen molar-refractivity contribution in [1.29, 1.82) is 0 Å². The van der Waals surface area contributed by atoms with Crippen LogP contribution < -0.4 is 0 Å². The van der Waals surface area contributed by atoms with Gasteiger partial charge in [0.05, 0.1) is 31.0 Å². The Bertz CT molecular complexity index is 218. The molecular formula is C13H26O3. The van der Waals surface area contributed by atoms with Gasteiger partial charge in [0.2, 0.25) is 0 Å². The third-order valence-corrected chi connectivity index (χ3v) is 3.18. The van der Waals surface area contributed by atoms with E-state index < -0.39 is 0 Å². The molecule has 0 aliphatic heterocycles. The lowest BCUT2D eigenvalue weighted by atomic mass is 9.89. The van der Waals surface area contributed by atoms with E-state index in [1.807, 2.05) is 20.8 Å². The molecule has 3 nitrogen and oxygen atoms in total. The molecule has 16 heavy (non-hydrogen) atoms. The van der Waals surface area contributed by atoms with Gasteiger partial charge in [0.15, 0.2) is 0 Å². The lowest BCUT2D eigenvalue weighted by Crippen LogP contribution is -2.34. The zero-order chi connectivity index (χ0) is 12.4. The van der Waals surface area contributed by atoms with Crippen molar-refractivity contribution in [2.45, 2.75) is 65.3 Å². The van der Waals surface area contributed by atoms with Crippen LogP contribution in [-0.2, 0) is 9.47 Å². The van der Waals surface area contributed by atoms with Crippen LogP contribution in [0.5, 0.6) is 0 Å². The minimum atomic E-state index is -0.345. The normalized spacial score (nSPS) is 29.6. The molecule has 96 valence electrons. The predicted molar refractivity (Wildman–Crippen MR) is 64.5 cm³/mol. The van der Waals surface area contributed by atoms with Crippen molar-refractivity contribution >= 4 is 0 Å². The standard InChI is InChI=1S/C13H26O3/c1-12(2,3)16-9-8-15-10-6-7-13(4,5)11(10)14/h10-11,14H,6-9H2,1-5H3. The van der Waals surface area contributed by atoms with E-state index in [1.54, 1.807) is 0 Å². The Morgan fingerprint density at radius 1 is 1.25 bits per heavy atom. The molecule has 0 spiro atoms. The summed E-state index contributed by atoms with van der Waals surface area (Å²) in [6, 6.07) is 0. The molecule has 1 rings (SSSR count). The Morgan fingerprint density at radius 3 is 2.31 bits per heavy atom. The van der Waals surface area contributed by atoms with E-state index in [1.165, 1.54) is 0 Å². The van der Waals surface area contributed by atoms with Gasteiger partial charge >= 0.3 is 0 Å². The van der Waals surface area contributed by atoms with Crippen molar-refractivity contribution < 1.29 is 14.6 Å². The average molecular weight is 230 g/mol. The highest BCUT2D eigenvalue weighted by Crippen LogP contribution is 2.38. The fourth-order valence-electron chi connectivity index (χ4n) is 2.05. The van der Waals surface area contributed by atoms with Crippen LogP contribution in [0.15, 0.2) is 0 Å². The molecule has 3 heteroatoms. The summed E-state index contributed by atoms with van der Waals surface area (Å²) in [5.41, 5.74) is -0.119. The number of aliphatic hydroxyl groups is 1. The highest BCUT2D eigenvalue weighted by molar-refractivity contribution is 4.91. The Kier molecular flexibility index (Phi) is 4.38. The maximum Gasteiger partial charge on any atom is 0.0852 e. The van der Waals surface area contributed by atoms with Crippen molar-refractivity contribution in [2.75, 3.05) is 13.2 Å². The monoisotopic (exact) mass is 230 g/mol. The third-order valence-electron chi connectivity index (χ3n) is 3.18. The molecular weight excluding hydrogens is 204 g/mol. The van der Waals surface area contributed by atoms with Crippen LogP contribution in [0.1, 0.15) is 47.5 Å². The van der Waals surface area contributed by atoms with Crippen molar-refractivity contribution in [3.8, 4) is 0 Å². The van der Waals surface area contributed by atoms with E-state index in [-0.39, 0.29) is 23.2 Å². The predicted octanol–water partition coefficient (Wildman–Crippen LogP) is 2.37. The fraction of sp³-hybridized carbons (Fsp3) is 1.00. The number of rotatable bonds is 4. The minimum absolute atomic E-state index is 0.00441. The first-order valence-electron chi connectivity index (χ1n) is 6.16. The molecule has 0 bridgehead atoms. The third kappa shape index (κ3) is 4.04. The molecule has 2 unspecified atom stereocenters. The molecule has 1 N–H and O–H groups in total. The number of aliphatic hydroxyl groups excluding tert-OH is 1. The maximum absolute atomic E-state index is 10.0. The molecule has 1 aliphatic carbocycles. The van der Waals surface area contributed by atoms with Gasteiger partial charge in [-0.3, -0.25) is 0 Å². The maximum atomic E-state index is 10.0. The van der Waals surface area contributed by atoms with Gasteiger partial charge in [-0.15, -0.1) is 0 Å². The topological polar surface area (TPSA) is 38.7 Å². The van der Waals surface area contributed by atoms with Gasteiger partial charge in [0.1, 0.15) is 0 Å². The smallest absolute Gasteiger partial charge is 0.0852 e. The summed E-state index contributed by atoms with van der Waals surface area (Å²) >= 11 is 0. The minimum Gasteiger partial charge on any atom is -0.390 e. The van der Waals surface area contributed by atoms with E-state index in [2.05, 4.69) is 13.8 Å². The number of hydrogen-bond acceptors (Lipinski definition) is 3. The Hall–Kier alpha value is -0.120. The quantitative estimate of drug-likeness (QED) is 0.754. The van der Waals surface area contributed by atoms with Gasteiger partial charge in [-0.05, 0) is 39.0 Å². The van der Waals surface area contributed by atoms with Gasteiger partial charge in [0.25, 0.3) is 0 Å². The molecule has 0 aromatic carbocycles. The second-order valence-electron chi connectivity index (χ2n) is 6.34. The number of ether oxygens (including phenoxy) is 2. The van der Waals surface area contributed by atoms with Gasteiger partial charge in [-0.1, -0.05) is 13.8 Å². The molecule has 1 saturated carbocycles. The molecule has 0 heterocycles. The number of hydrogen-bond donors (Lipinski definition) is 1. The second kappa shape index (κ2) is 5.03. The van der Waals surface area contributed by atoms with Crippen LogP contribution >= 0.6 is 0 Å². The van der Waals surface area contributed by atoms with Crippen molar-refractivity contribution in [2.24, 2.45) is 5.41 Å². The first-order valence-corrected chi connectivity index (χ1v) is 6.16. The van der Waals surface area contributed by atoms with E-state index in [0.717, 1.165) is 12.8 Å². The summed E-state index contributed by atoms with van der Waals surface area (Å²) < 4.78 is 11.2. The molecule has 1 fully saturated rings. The summed E-state index contributed by atoms with van der Waals surface area (Å²) in [6.45, 7) is 11.4. The van der Waals surface area contributed by atoms with E-state index in [0.29, 0.717) is 13.2 Å². The Labute approximate surface area is 99.1 Å². The second-order valence-corrected chi connectivity index (χ2v) is 6.34. The van der Waals surface area contributed by atoms with Gasteiger partial charge in [-0.25, -0.2) is 0 Å². The van der Waals surface area contributed by atoms with Gasteiger partial charge < -0.3 is 14.6 Å². The van der Waals surface area contributed by atoms with Crippen molar-refractivity contribution in [1.82, 2.24) is 0 Å². The average Bonchev–Trinajstić information content (AvgIpc) is 2.37. The SMILES string of the molecule is CC(C)(C)OCCOC1CCC(C)(C)C1O. The van der Waals surface area contributed by atoms with Crippen LogP contribution in [0.25, 0.3) is 0 Å². The van der Waals surface area contributed by atoms with Crippen LogP contribution in [-0.4, -0.2) is 36.1 Å². The molecule has 0 aromatic rings. The molecule has 0 aromatic heterocycles. The zero-order valence-electron chi connectivity index (χ0n) is 11.2. The first-order chi connectivity index (χ1) is 7.22. The zero-order valence-corrected chi connectivity index (χ0v) is 11.2. The first kappa shape index (κ1) is 13.9. The van der Waals surface area contributed by atoms with E-state index in [9.17, 15) is 5.11 Å². The summed E-state index contributed by atoms with van der Waals surface area (Å²) in [6.07, 6.45) is 1.61. The Morgan fingerprint density at radius 2 is 1.88 bits per heavy atom. The van der Waals surface area contributed by atoms with E-state index in [4.69, 9.17) is 9.47 Å². The Balaban J connectivity index is 2.20. The summed E-state index contributed by atoms with van der Waals surface area (Å²) in [5, 5.41) is 10.0. The van der Waals surface area contributed by atoms with Crippen LogP contribution in [0.2, 0.25) is 0 Å². The highest BCUT2D eigenvalue weighted by atomic mass is 16.5. The van der Waals surface area contributed by atoms with Crippen LogP contribution in [0, 0.1) is 5.41 Å². The van der Waals surface area contributed by atoms with E-state index >= 15 is 0 Å². The fourth-order valence-corrected chi connectivity index (χ4v) is 2.05. The van der Waals surface area contributed by atoms with Gasteiger partial charge in [-0.2, -0.15) is 0 Å². The molecule has 0 radical (unpaired) electrons. The molecule has 0 saturated heterocycles. The van der Waals surface area contributed by atoms with Gasteiger partial charge in [0, 0.05) is 0 Å². The summed E-state index contributed by atoms with van der Waals surface area (Å²) in [5.74, 6) is 0. The lowest BCUT2D eigenvalue weighted by molar-refractivity contribution is -0.0846. The van der Waals surface area contributed by atoms with Crippen molar-refractivity contribution in [3.63, 3.8) is 0 Å².